The predicted molar refractivity (Wildman–Crippen MR) is 234 cm³/mol. The fraction of sp³-hybridized carbons (Fsp3) is 0.804. The number of ether oxygens (including phenoxy) is 2. The molecule has 0 aliphatic heterocycles. The van der Waals surface area contributed by atoms with Gasteiger partial charge >= 0.3 is 19.8 Å². The number of carbonyl (C=O) groups is 3. The minimum Gasteiger partial charge on any atom is -0.462 e. The van der Waals surface area contributed by atoms with Crippen molar-refractivity contribution in [2.75, 3.05) is 47.5 Å². The maximum absolute atomic E-state index is 12.8. The molecule has 13 heteroatoms. The summed E-state index contributed by atoms with van der Waals surface area (Å²) in [6.07, 6.45) is 29.8. The molecule has 0 amide bonds. The normalized spacial score (nSPS) is 19.5. The van der Waals surface area contributed by atoms with Crippen LogP contribution in [-0.2, 0) is 37.5 Å². The largest absolute Gasteiger partial charge is 0.472 e. The lowest BCUT2D eigenvalue weighted by Crippen LogP contribution is -2.37. The van der Waals surface area contributed by atoms with E-state index in [1.807, 2.05) is 33.3 Å². The second kappa shape index (κ2) is 33.4. The Morgan fingerprint density at radius 3 is 2.02 bits per heavy atom. The quantitative estimate of drug-likeness (QED) is 0.0179. The Hall–Kier alpha value is -2.18. The number of aliphatic hydroxyl groups is 2. The van der Waals surface area contributed by atoms with Crippen LogP contribution in [-0.4, -0.2) is 103 Å². The van der Waals surface area contributed by atoms with E-state index in [9.17, 15) is 34.1 Å². The van der Waals surface area contributed by atoms with Crippen LogP contribution >= 0.6 is 7.82 Å². The van der Waals surface area contributed by atoms with E-state index in [1.165, 1.54) is 51.4 Å². The van der Waals surface area contributed by atoms with Gasteiger partial charge in [0.05, 0.1) is 40.0 Å². The standard InChI is InChI=1S/C46H82NO11P/c1-6-8-10-11-12-13-14-15-16-17-18-19-20-21-26-30-45(51)55-37-40(38-57-59(53,54)56-35-34-47(3,4)5)58-46(52)31-27-23-22-25-29-41-42(44(50)36-43(41)49)33-32-39(48)28-24-9-7-2/h13-14,22,25,32-33,39-42,44,48,50H,6-12,15-21,23-24,26-31,34-38H2,1-5H3/p+1/b14-13-,25-22-,33-32+/t39-,40+,41+,42+,44+/m0/s1. The first kappa shape index (κ1) is 54.8. The van der Waals surface area contributed by atoms with Crippen LogP contribution in [0.5, 0.6) is 0 Å². The van der Waals surface area contributed by atoms with Crippen molar-refractivity contribution < 1.29 is 57.1 Å². The highest BCUT2D eigenvalue weighted by atomic mass is 31.2. The van der Waals surface area contributed by atoms with Crippen LogP contribution in [0.15, 0.2) is 36.5 Å². The van der Waals surface area contributed by atoms with Crippen molar-refractivity contribution in [3.8, 4) is 0 Å². The van der Waals surface area contributed by atoms with E-state index in [-0.39, 0.29) is 50.1 Å². The fourth-order valence-electron chi connectivity index (χ4n) is 6.81. The second-order valence-corrected chi connectivity index (χ2v) is 18.7. The molecule has 1 unspecified atom stereocenters. The average molecular weight is 857 g/mol. The van der Waals surface area contributed by atoms with Crippen molar-refractivity contribution >= 4 is 25.5 Å². The summed E-state index contributed by atoms with van der Waals surface area (Å²) >= 11 is 0. The van der Waals surface area contributed by atoms with E-state index in [2.05, 4.69) is 26.0 Å². The molecular weight excluding hydrogens is 773 g/mol. The van der Waals surface area contributed by atoms with Crippen LogP contribution in [0.3, 0.4) is 0 Å². The molecule has 0 radical (unpaired) electrons. The van der Waals surface area contributed by atoms with E-state index in [1.54, 1.807) is 12.2 Å². The summed E-state index contributed by atoms with van der Waals surface area (Å²) in [5, 5.41) is 20.7. The molecule has 6 atom stereocenters. The Morgan fingerprint density at radius 1 is 0.780 bits per heavy atom. The predicted octanol–water partition coefficient (Wildman–Crippen LogP) is 9.50. The monoisotopic (exact) mass is 857 g/mol. The lowest BCUT2D eigenvalue weighted by molar-refractivity contribution is -0.870. The Labute approximate surface area is 357 Å². The first-order chi connectivity index (χ1) is 28.2. The topological polar surface area (TPSA) is 166 Å². The van der Waals surface area contributed by atoms with Gasteiger partial charge in [-0.05, 0) is 57.8 Å². The van der Waals surface area contributed by atoms with Crippen LogP contribution in [0.4, 0.5) is 0 Å². The molecule has 342 valence electrons. The van der Waals surface area contributed by atoms with Crippen molar-refractivity contribution in [2.24, 2.45) is 11.8 Å². The summed E-state index contributed by atoms with van der Waals surface area (Å²) in [5.41, 5.74) is 0. The summed E-state index contributed by atoms with van der Waals surface area (Å²) in [4.78, 5) is 48.2. The van der Waals surface area contributed by atoms with Crippen molar-refractivity contribution in [1.82, 2.24) is 0 Å². The molecule has 1 saturated carbocycles. The van der Waals surface area contributed by atoms with Gasteiger partial charge in [-0.1, -0.05) is 121 Å². The van der Waals surface area contributed by atoms with Gasteiger partial charge in [-0.25, -0.2) is 4.57 Å². The average Bonchev–Trinajstić information content (AvgIpc) is 3.44. The van der Waals surface area contributed by atoms with Gasteiger partial charge in [0.15, 0.2) is 6.10 Å². The zero-order valence-electron chi connectivity index (χ0n) is 37.4. The summed E-state index contributed by atoms with van der Waals surface area (Å²) in [7, 11) is 1.31. The number of unbranched alkanes of at least 4 members (excludes halogenated alkanes) is 14. The number of likely N-dealkylation sites (N-methyl/N-ethyl adjacent to an activating group) is 1. The number of rotatable bonds is 37. The van der Waals surface area contributed by atoms with Crippen LogP contribution < -0.4 is 0 Å². The molecule has 1 aliphatic carbocycles. The number of phosphoric ester groups is 1. The van der Waals surface area contributed by atoms with E-state index < -0.39 is 44.7 Å². The van der Waals surface area contributed by atoms with Crippen molar-refractivity contribution in [3.63, 3.8) is 0 Å². The van der Waals surface area contributed by atoms with Crippen molar-refractivity contribution in [2.45, 2.75) is 180 Å². The van der Waals surface area contributed by atoms with Crippen LogP contribution in [0.1, 0.15) is 162 Å². The number of carbonyl (C=O) groups excluding carboxylic acids is 3. The number of phosphoric acid groups is 1. The zero-order valence-corrected chi connectivity index (χ0v) is 38.3. The minimum absolute atomic E-state index is 0.00554. The molecule has 59 heavy (non-hydrogen) atoms. The summed E-state index contributed by atoms with van der Waals surface area (Å²) in [5.74, 6) is -1.73. The van der Waals surface area contributed by atoms with Gasteiger partial charge in [0.1, 0.15) is 25.5 Å². The van der Waals surface area contributed by atoms with Crippen LogP contribution in [0, 0.1) is 11.8 Å². The van der Waals surface area contributed by atoms with Crippen LogP contribution in [0.25, 0.3) is 0 Å². The third-order valence-corrected chi connectivity index (χ3v) is 11.5. The Kier molecular flexibility index (Phi) is 31.1. The molecular formula is C46H83NO11P+. The molecule has 1 aliphatic rings. The van der Waals surface area contributed by atoms with Gasteiger partial charge in [0, 0.05) is 31.1 Å². The number of esters is 2. The molecule has 0 aromatic rings. The molecule has 1 fully saturated rings. The summed E-state index contributed by atoms with van der Waals surface area (Å²) < 4.78 is 34.2. The molecule has 0 saturated heterocycles. The first-order valence-corrected chi connectivity index (χ1v) is 24.3. The van der Waals surface area contributed by atoms with Gasteiger partial charge in [-0.2, -0.15) is 0 Å². The number of ketones is 1. The Morgan fingerprint density at radius 2 is 1.36 bits per heavy atom. The number of aliphatic hydroxyl groups excluding tert-OH is 2. The number of nitrogens with zero attached hydrogens (tertiary/aromatic N) is 1. The Bertz CT molecular complexity index is 1260. The number of Topliss-reactive ketones (excluding diaryl/α,β-unsaturated/α-hetero) is 1. The number of hydrogen-bond acceptors (Lipinski definition) is 10. The van der Waals surface area contributed by atoms with E-state index in [0.717, 1.165) is 44.9 Å². The van der Waals surface area contributed by atoms with Gasteiger partial charge in [-0.3, -0.25) is 23.4 Å². The van der Waals surface area contributed by atoms with Crippen molar-refractivity contribution in [1.29, 1.82) is 0 Å². The maximum atomic E-state index is 12.8. The zero-order chi connectivity index (χ0) is 43.8. The van der Waals surface area contributed by atoms with Gasteiger partial charge < -0.3 is 29.1 Å². The second-order valence-electron chi connectivity index (χ2n) is 17.2. The smallest absolute Gasteiger partial charge is 0.462 e. The first-order valence-electron chi connectivity index (χ1n) is 22.8. The highest BCUT2D eigenvalue weighted by Gasteiger charge is 2.39. The van der Waals surface area contributed by atoms with E-state index >= 15 is 0 Å². The van der Waals surface area contributed by atoms with Gasteiger partial charge in [0.2, 0.25) is 0 Å². The maximum Gasteiger partial charge on any atom is 0.472 e. The highest BCUT2D eigenvalue weighted by Crippen LogP contribution is 2.43. The molecule has 0 aromatic carbocycles. The lowest BCUT2D eigenvalue weighted by atomic mass is 9.90. The number of hydrogen-bond donors (Lipinski definition) is 3. The Balaban J connectivity index is 2.51. The molecule has 0 spiro atoms. The molecule has 3 N–H and O–H groups in total. The SMILES string of the molecule is CCCCCC/C=C\CCCCCCCCCC(=O)OC[C@H](COP(=O)(O)OCC[N+](C)(C)C)OC(=O)CCC/C=C\C[C@H]1C(=O)C[C@@H](O)[C@@H]1/C=C/[C@@H](O)CCCCC. The highest BCUT2D eigenvalue weighted by molar-refractivity contribution is 7.47. The molecule has 1 rings (SSSR count). The third kappa shape index (κ3) is 30.5. The van der Waals surface area contributed by atoms with Crippen molar-refractivity contribution in [3.05, 3.63) is 36.5 Å². The van der Waals surface area contributed by atoms with Gasteiger partial charge in [0.25, 0.3) is 0 Å². The fourth-order valence-corrected chi connectivity index (χ4v) is 7.55. The third-order valence-electron chi connectivity index (χ3n) is 10.5. The lowest BCUT2D eigenvalue weighted by Gasteiger charge is -2.24. The molecule has 12 nitrogen and oxygen atoms in total. The molecule has 0 heterocycles. The van der Waals surface area contributed by atoms with E-state index in [4.69, 9.17) is 18.5 Å². The summed E-state index contributed by atoms with van der Waals surface area (Å²) in [6, 6.07) is 0. The number of quaternary nitrogens is 1. The minimum atomic E-state index is -4.45. The summed E-state index contributed by atoms with van der Waals surface area (Å²) in [6.45, 7) is 3.98. The van der Waals surface area contributed by atoms with Gasteiger partial charge in [-0.15, -0.1) is 0 Å². The van der Waals surface area contributed by atoms with E-state index in [0.29, 0.717) is 43.1 Å². The molecule has 0 bridgehead atoms. The molecule has 0 aromatic heterocycles. The number of allylic oxidation sites excluding steroid dienone is 4. The van der Waals surface area contributed by atoms with Crippen LogP contribution in [0.2, 0.25) is 0 Å².